The van der Waals surface area contributed by atoms with Gasteiger partial charge in [-0.1, -0.05) is 6.07 Å². The molecule has 0 amide bonds. The van der Waals surface area contributed by atoms with Gasteiger partial charge in [-0.15, -0.1) is 0 Å². The molecule has 17 heavy (non-hydrogen) atoms. The number of ether oxygens (including phenoxy) is 1. The van der Waals surface area contributed by atoms with Crippen molar-refractivity contribution in [3.8, 4) is 5.75 Å². The number of benzene rings is 1. The quantitative estimate of drug-likeness (QED) is 0.822. The van der Waals surface area contributed by atoms with Gasteiger partial charge >= 0.3 is 0 Å². The van der Waals surface area contributed by atoms with E-state index in [0.717, 1.165) is 35.4 Å². The minimum atomic E-state index is 0.500. The van der Waals surface area contributed by atoms with Crippen LogP contribution in [0.15, 0.2) is 18.2 Å². The van der Waals surface area contributed by atoms with E-state index >= 15 is 0 Å². The summed E-state index contributed by atoms with van der Waals surface area (Å²) in [6.07, 6.45) is 0.745. The number of likely N-dealkylation sites (N-methyl/N-ethyl adjacent to an activating group) is 1. The molecular formula is C12H16N4O. The van der Waals surface area contributed by atoms with E-state index in [0.29, 0.717) is 5.82 Å². The fourth-order valence-electron chi connectivity index (χ4n) is 1.71. The van der Waals surface area contributed by atoms with Crippen molar-refractivity contribution in [1.29, 1.82) is 0 Å². The van der Waals surface area contributed by atoms with Gasteiger partial charge in [-0.3, -0.25) is 0 Å². The summed E-state index contributed by atoms with van der Waals surface area (Å²) in [5, 5.41) is 3.89. The molecule has 1 aromatic heterocycles. The first-order valence-electron chi connectivity index (χ1n) is 5.50. The smallest absolute Gasteiger partial charge is 0.145 e. The zero-order valence-electron chi connectivity index (χ0n) is 10.0. The number of nitrogens with two attached hydrogens (primary N) is 1. The molecule has 1 aromatic carbocycles. The molecule has 1 heterocycles. The van der Waals surface area contributed by atoms with E-state index in [1.165, 1.54) is 0 Å². The zero-order chi connectivity index (χ0) is 12.3. The first kappa shape index (κ1) is 11.6. The lowest BCUT2D eigenvalue weighted by atomic mass is 10.2. The summed E-state index contributed by atoms with van der Waals surface area (Å²) in [6, 6.07) is 5.65. The molecule has 5 heteroatoms. The molecule has 90 valence electrons. The van der Waals surface area contributed by atoms with Crippen molar-refractivity contribution >= 4 is 16.7 Å². The van der Waals surface area contributed by atoms with Crippen LogP contribution >= 0.6 is 0 Å². The zero-order valence-corrected chi connectivity index (χ0v) is 10.0. The molecule has 0 saturated carbocycles. The Morgan fingerprint density at radius 2 is 2.18 bits per heavy atom. The van der Waals surface area contributed by atoms with Crippen LogP contribution in [0.1, 0.15) is 5.82 Å². The number of nitrogens with one attached hydrogen (secondary N) is 1. The maximum atomic E-state index is 5.93. The van der Waals surface area contributed by atoms with Crippen LogP contribution in [0.5, 0.6) is 5.75 Å². The van der Waals surface area contributed by atoms with Crippen molar-refractivity contribution in [3.05, 3.63) is 24.0 Å². The summed E-state index contributed by atoms with van der Waals surface area (Å²) in [7, 11) is 3.52. The molecule has 0 spiro atoms. The van der Waals surface area contributed by atoms with Crippen molar-refractivity contribution in [1.82, 2.24) is 15.3 Å². The summed E-state index contributed by atoms with van der Waals surface area (Å²) in [4.78, 5) is 8.77. The second kappa shape index (κ2) is 4.97. The molecule has 3 N–H and O–H groups in total. The van der Waals surface area contributed by atoms with E-state index in [1.807, 2.05) is 25.2 Å². The molecule has 5 nitrogen and oxygen atoms in total. The number of hydrogen-bond acceptors (Lipinski definition) is 5. The van der Waals surface area contributed by atoms with E-state index < -0.39 is 0 Å². The summed E-state index contributed by atoms with van der Waals surface area (Å²) < 4.78 is 5.28. The Bertz CT molecular complexity index is 527. The van der Waals surface area contributed by atoms with Crippen LogP contribution in [0.3, 0.4) is 0 Å². The Kier molecular flexibility index (Phi) is 3.39. The van der Waals surface area contributed by atoms with Crippen LogP contribution in [0.4, 0.5) is 5.82 Å². The topological polar surface area (TPSA) is 73.1 Å². The Morgan fingerprint density at radius 1 is 1.35 bits per heavy atom. The molecule has 0 radical (unpaired) electrons. The molecular weight excluding hydrogens is 216 g/mol. The maximum absolute atomic E-state index is 5.93. The Labute approximate surface area is 100 Å². The lowest BCUT2D eigenvalue weighted by Crippen LogP contribution is -2.13. The third kappa shape index (κ3) is 2.29. The third-order valence-corrected chi connectivity index (χ3v) is 2.58. The van der Waals surface area contributed by atoms with Gasteiger partial charge in [0.1, 0.15) is 22.9 Å². The second-order valence-electron chi connectivity index (χ2n) is 3.74. The normalized spacial score (nSPS) is 10.7. The van der Waals surface area contributed by atoms with Crippen LogP contribution in [-0.2, 0) is 6.42 Å². The van der Waals surface area contributed by atoms with Gasteiger partial charge in [0.2, 0.25) is 0 Å². The maximum Gasteiger partial charge on any atom is 0.145 e. The van der Waals surface area contributed by atoms with E-state index in [-0.39, 0.29) is 0 Å². The van der Waals surface area contributed by atoms with Gasteiger partial charge < -0.3 is 15.8 Å². The molecule has 0 aliphatic heterocycles. The van der Waals surface area contributed by atoms with Gasteiger partial charge in [0.05, 0.1) is 7.11 Å². The van der Waals surface area contributed by atoms with Crippen molar-refractivity contribution in [2.45, 2.75) is 6.42 Å². The first-order chi connectivity index (χ1) is 8.26. The molecule has 0 bridgehead atoms. The van der Waals surface area contributed by atoms with Gasteiger partial charge in [0, 0.05) is 18.4 Å². The fourth-order valence-corrected chi connectivity index (χ4v) is 1.71. The summed E-state index contributed by atoms with van der Waals surface area (Å²) in [5.74, 6) is 1.95. The van der Waals surface area contributed by atoms with Crippen molar-refractivity contribution in [2.75, 3.05) is 26.4 Å². The predicted molar refractivity (Wildman–Crippen MR) is 68.1 cm³/mol. The van der Waals surface area contributed by atoms with Crippen LogP contribution < -0.4 is 15.8 Å². The summed E-state index contributed by atoms with van der Waals surface area (Å²) in [5.41, 5.74) is 6.70. The van der Waals surface area contributed by atoms with E-state index in [1.54, 1.807) is 7.11 Å². The second-order valence-corrected chi connectivity index (χ2v) is 3.74. The molecule has 0 fully saturated rings. The highest BCUT2D eigenvalue weighted by molar-refractivity contribution is 5.92. The molecule has 0 aliphatic carbocycles. The molecule has 2 rings (SSSR count). The van der Waals surface area contributed by atoms with Crippen LogP contribution in [-0.4, -0.2) is 30.7 Å². The molecule has 0 aliphatic rings. The summed E-state index contributed by atoms with van der Waals surface area (Å²) in [6.45, 7) is 0.820. The van der Waals surface area contributed by atoms with E-state index in [4.69, 9.17) is 10.5 Å². The number of methoxy groups -OCH3 is 1. The van der Waals surface area contributed by atoms with Gasteiger partial charge in [0.15, 0.2) is 0 Å². The minimum Gasteiger partial charge on any atom is -0.494 e. The number of hydrogen-bond donors (Lipinski definition) is 2. The Morgan fingerprint density at radius 3 is 2.88 bits per heavy atom. The number of rotatable bonds is 4. The molecule has 0 unspecified atom stereocenters. The highest BCUT2D eigenvalue weighted by Crippen LogP contribution is 2.26. The van der Waals surface area contributed by atoms with Gasteiger partial charge in [-0.2, -0.15) is 0 Å². The Balaban J connectivity index is 2.53. The fraction of sp³-hybridized carbons (Fsp3) is 0.333. The average molecular weight is 232 g/mol. The van der Waals surface area contributed by atoms with Gasteiger partial charge in [0.25, 0.3) is 0 Å². The lowest BCUT2D eigenvalue weighted by Gasteiger charge is -2.08. The average Bonchev–Trinajstić information content (AvgIpc) is 2.35. The predicted octanol–water partition coefficient (Wildman–Crippen LogP) is 0.982. The molecule has 0 atom stereocenters. The number of para-hydroxylation sites is 1. The molecule has 2 aromatic rings. The number of nitrogens with zero attached hydrogens (tertiary/aromatic N) is 2. The Hall–Kier alpha value is -1.88. The molecule has 0 saturated heterocycles. The largest absolute Gasteiger partial charge is 0.494 e. The van der Waals surface area contributed by atoms with Gasteiger partial charge in [-0.25, -0.2) is 9.97 Å². The lowest BCUT2D eigenvalue weighted by molar-refractivity contribution is 0.418. The monoisotopic (exact) mass is 232 g/mol. The number of anilines is 1. The summed E-state index contributed by atoms with van der Waals surface area (Å²) >= 11 is 0. The van der Waals surface area contributed by atoms with Crippen LogP contribution in [0, 0.1) is 0 Å². The third-order valence-electron chi connectivity index (χ3n) is 2.58. The van der Waals surface area contributed by atoms with E-state index in [2.05, 4.69) is 15.3 Å². The van der Waals surface area contributed by atoms with Crippen LogP contribution in [0.2, 0.25) is 0 Å². The van der Waals surface area contributed by atoms with Crippen molar-refractivity contribution in [2.24, 2.45) is 0 Å². The van der Waals surface area contributed by atoms with E-state index in [9.17, 15) is 0 Å². The number of fused-ring (bicyclic) bond motifs is 1. The highest BCUT2D eigenvalue weighted by atomic mass is 16.5. The van der Waals surface area contributed by atoms with Gasteiger partial charge in [-0.05, 0) is 19.2 Å². The number of nitrogen functional groups attached to an aromatic ring is 1. The number of aromatic nitrogens is 2. The van der Waals surface area contributed by atoms with Crippen molar-refractivity contribution < 1.29 is 4.74 Å². The first-order valence-corrected chi connectivity index (χ1v) is 5.50. The van der Waals surface area contributed by atoms with Crippen molar-refractivity contribution in [3.63, 3.8) is 0 Å². The minimum absolute atomic E-state index is 0.500. The highest BCUT2D eigenvalue weighted by Gasteiger charge is 2.08. The SMILES string of the molecule is CNCCc1nc(N)c2cccc(OC)c2n1. The standard InChI is InChI=1S/C12H16N4O/c1-14-7-6-10-15-11-8(12(13)16-10)4-3-5-9(11)17-2/h3-5,14H,6-7H2,1-2H3,(H2,13,15,16). The van der Waals surface area contributed by atoms with Crippen LogP contribution in [0.25, 0.3) is 10.9 Å².